The lowest BCUT2D eigenvalue weighted by Crippen LogP contribution is -2.47. The molecule has 1 unspecified atom stereocenters. The van der Waals surface area contributed by atoms with E-state index < -0.39 is 5.60 Å². The van der Waals surface area contributed by atoms with Crippen LogP contribution >= 0.6 is 0 Å². The molecular formula is C37H58N2O7. The lowest BCUT2D eigenvalue weighted by atomic mass is 9.90. The van der Waals surface area contributed by atoms with Gasteiger partial charge in [0.15, 0.2) is 13.6 Å². The fourth-order valence-corrected chi connectivity index (χ4v) is 5.12. The predicted octanol–water partition coefficient (Wildman–Crippen LogP) is 6.86. The Bertz CT molecular complexity index is 1190. The first kappa shape index (κ1) is 39.2. The van der Waals surface area contributed by atoms with Crippen LogP contribution in [0.15, 0.2) is 48.5 Å². The van der Waals surface area contributed by atoms with E-state index >= 15 is 0 Å². The van der Waals surface area contributed by atoms with Crippen LogP contribution in [-0.4, -0.2) is 79.6 Å². The first-order chi connectivity index (χ1) is 21.7. The molecule has 0 spiro atoms. The molecule has 9 nitrogen and oxygen atoms in total. The topological polar surface area (TPSA) is 86.8 Å². The van der Waals surface area contributed by atoms with Crippen molar-refractivity contribution in [2.45, 2.75) is 99.9 Å². The molecule has 2 rings (SSSR count). The number of carbonyl (C=O) groups is 2. The molecule has 9 heteroatoms. The highest BCUT2D eigenvalue weighted by molar-refractivity contribution is 5.81. The maximum absolute atomic E-state index is 13.4. The van der Waals surface area contributed by atoms with E-state index in [2.05, 4.69) is 37.5 Å². The van der Waals surface area contributed by atoms with Crippen molar-refractivity contribution in [2.75, 3.05) is 46.4 Å². The number of para-hydroxylation sites is 2. The molecule has 0 aliphatic rings. The maximum atomic E-state index is 13.4. The van der Waals surface area contributed by atoms with Crippen molar-refractivity contribution in [3.05, 3.63) is 59.7 Å². The zero-order valence-corrected chi connectivity index (χ0v) is 29.7. The van der Waals surface area contributed by atoms with Crippen LogP contribution in [0.5, 0.6) is 11.5 Å². The molecule has 2 aromatic carbocycles. The number of ether oxygens (including phenoxy) is 5. The van der Waals surface area contributed by atoms with Crippen molar-refractivity contribution in [1.29, 1.82) is 0 Å². The average molecular weight is 643 g/mol. The quantitative estimate of drug-likeness (QED) is 0.0823. The maximum Gasteiger partial charge on any atom is 0.320 e. The lowest BCUT2D eigenvalue weighted by molar-refractivity contribution is -0.157. The standard InChI is InChI=1S/C37H58N2O7/c1-10-31(39(26-35(41)46-37(7,8)9)23-30-18-14-16-20-34(30)45-28-43-12-3)24-38(25-32(40)21-36(4,5)6)22-29-17-13-15-19-33(29)44-27-42-11-2/h13-20,31H,10-12,21-28H2,1-9H3. The third-order valence-corrected chi connectivity index (χ3v) is 7.05. The van der Waals surface area contributed by atoms with E-state index in [1.165, 1.54) is 0 Å². The summed E-state index contributed by atoms with van der Waals surface area (Å²) in [6.07, 6.45) is 1.21. The smallest absolute Gasteiger partial charge is 0.320 e. The molecule has 258 valence electrons. The zero-order chi connectivity index (χ0) is 34.2. The fourth-order valence-electron chi connectivity index (χ4n) is 5.12. The fraction of sp³-hybridized carbons (Fsp3) is 0.622. The van der Waals surface area contributed by atoms with E-state index in [-0.39, 0.29) is 49.9 Å². The molecule has 46 heavy (non-hydrogen) atoms. The van der Waals surface area contributed by atoms with Gasteiger partial charge in [-0.25, -0.2) is 0 Å². The summed E-state index contributed by atoms with van der Waals surface area (Å²) >= 11 is 0. The van der Waals surface area contributed by atoms with Crippen LogP contribution in [0.2, 0.25) is 0 Å². The summed E-state index contributed by atoms with van der Waals surface area (Å²) in [6, 6.07) is 15.6. The summed E-state index contributed by atoms with van der Waals surface area (Å²) in [6.45, 7) is 21.1. The largest absolute Gasteiger partial charge is 0.467 e. The van der Waals surface area contributed by atoms with Gasteiger partial charge in [-0.1, -0.05) is 64.1 Å². The van der Waals surface area contributed by atoms with Crippen molar-refractivity contribution in [2.24, 2.45) is 5.41 Å². The number of rotatable bonds is 21. The summed E-state index contributed by atoms with van der Waals surface area (Å²) in [7, 11) is 0. The number of hydrogen-bond acceptors (Lipinski definition) is 9. The number of ketones is 1. The molecule has 0 bridgehead atoms. The van der Waals surface area contributed by atoms with Crippen molar-refractivity contribution in [1.82, 2.24) is 9.80 Å². The van der Waals surface area contributed by atoms with Gasteiger partial charge in [0, 0.05) is 56.4 Å². The number of benzene rings is 2. The Balaban J connectivity index is 2.43. The highest BCUT2D eigenvalue weighted by atomic mass is 16.7. The number of carbonyl (C=O) groups excluding carboxylic acids is 2. The number of hydrogen-bond donors (Lipinski definition) is 0. The molecule has 0 aliphatic heterocycles. The van der Waals surface area contributed by atoms with Gasteiger partial charge < -0.3 is 23.7 Å². The van der Waals surface area contributed by atoms with Crippen LogP contribution in [-0.2, 0) is 36.9 Å². The van der Waals surface area contributed by atoms with Gasteiger partial charge in [-0.05, 0) is 58.6 Å². The van der Waals surface area contributed by atoms with Crippen LogP contribution in [0.3, 0.4) is 0 Å². The van der Waals surface area contributed by atoms with Gasteiger partial charge in [0.2, 0.25) is 0 Å². The van der Waals surface area contributed by atoms with Gasteiger partial charge in [0.25, 0.3) is 0 Å². The Morgan fingerprint density at radius 1 is 0.739 bits per heavy atom. The molecule has 1 atom stereocenters. The molecule has 2 aromatic rings. The average Bonchev–Trinajstić information content (AvgIpc) is 2.95. The number of Topliss-reactive ketones (excluding diaryl/α,β-unsaturated/α-hetero) is 1. The van der Waals surface area contributed by atoms with Gasteiger partial charge in [-0.2, -0.15) is 0 Å². The van der Waals surface area contributed by atoms with Gasteiger partial charge in [-0.15, -0.1) is 0 Å². The minimum absolute atomic E-state index is 0.0774. The Kier molecular flexibility index (Phi) is 16.7. The van der Waals surface area contributed by atoms with Crippen LogP contribution in [0, 0.1) is 5.41 Å². The van der Waals surface area contributed by atoms with Crippen molar-refractivity contribution >= 4 is 11.8 Å². The third kappa shape index (κ3) is 15.5. The van der Waals surface area contributed by atoms with E-state index in [1.54, 1.807) is 0 Å². The molecule has 0 N–H and O–H groups in total. The van der Waals surface area contributed by atoms with Gasteiger partial charge in [-0.3, -0.25) is 19.4 Å². The predicted molar refractivity (Wildman–Crippen MR) is 182 cm³/mol. The highest BCUT2D eigenvalue weighted by Gasteiger charge is 2.28. The SMILES string of the molecule is CCOCOc1ccccc1CN(CC(=O)CC(C)(C)C)CC(CC)N(CC(=O)OC(C)(C)C)Cc1ccccc1OCOCC. The zero-order valence-electron chi connectivity index (χ0n) is 29.7. The van der Waals surface area contributed by atoms with Crippen LogP contribution in [0.4, 0.5) is 0 Å². The first-order valence-corrected chi connectivity index (χ1v) is 16.5. The van der Waals surface area contributed by atoms with Crippen molar-refractivity contribution in [3.8, 4) is 11.5 Å². The van der Waals surface area contributed by atoms with E-state index in [0.29, 0.717) is 45.0 Å². The van der Waals surface area contributed by atoms with Crippen LogP contribution in [0.25, 0.3) is 0 Å². The van der Waals surface area contributed by atoms with Crippen molar-refractivity contribution in [3.63, 3.8) is 0 Å². The van der Waals surface area contributed by atoms with Gasteiger partial charge in [0.1, 0.15) is 22.9 Å². The molecule has 0 radical (unpaired) electrons. The molecule has 0 aliphatic carbocycles. The third-order valence-electron chi connectivity index (χ3n) is 7.05. The summed E-state index contributed by atoms with van der Waals surface area (Å²) in [4.78, 5) is 30.9. The molecule has 0 heterocycles. The lowest BCUT2D eigenvalue weighted by Gasteiger charge is -2.36. The second-order valence-electron chi connectivity index (χ2n) is 13.7. The highest BCUT2D eigenvalue weighted by Crippen LogP contribution is 2.25. The van der Waals surface area contributed by atoms with Crippen LogP contribution in [0.1, 0.15) is 86.3 Å². The Hall–Kier alpha value is -2.98. The summed E-state index contributed by atoms with van der Waals surface area (Å²) in [5, 5.41) is 0. The monoisotopic (exact) mass is 642 g/mol. The van der Waals surface area contributed by atoms with E-state index in [9.17, 15) is 9.59 Å². The van der Waals surface area contributed by atoms with Gasteiger partial charge >= 0.3 is 5.97 Å². The second-order valence-corrected chi connectivity index (χ2v) is 13.7. The molecule has 0 saturated heterocycles. The summed E-state index contributed by atoms with van der Waals surface area (Å²) in [5.41, 5.74) is 1.17. The van der Waals surface area contributed by atoms with Crippen LogP contribution < -0.4 is 9.47 Å². The summed E-state index contributed by atoms with van der Waals surface area (Å²) in [5.74, 6) is 1.30. The Morgan fingerprint density at radius 2 is 1.26 bits per heavy atom. The molecule has 0 amide bonds. The minimum atomic E-state index is -0.612. The second kappa shape index (κ2) is 19.6. The normalized spacial score (nSPS) is 12.8. The molecular weight excluding hydrogens is 584 g/mol. The Morgan fingerprint density at radius 3 is 1.74 bits per heavy atom. The minimum Gasteiger partial charge on any atom is -0.467 e. The molecule has 0 aromatic heterocycles. The van der Waals surface area contributed by atoms with Gasteiger partial charge in [0.05, 0.1) is 13.1 Å². The molecule has 0 fully saturated rings. The summed E-state index contributed by atoms with van der Waals surface area (Å²) < 4.78 is 28.5. The first-order valence-electron chi connectivity index (χ1n) is 16.5. The number of esters is 1. The Labute approximate surface area is 277 Å². The van der Waals surface area contributed by atoms with E-state index in [0.717, 1.165) is 23.3 Å². The number of nitrogens with zero attached hydrogens (tertiary/aromatic N) is 2. The van der Waals surface area contributed by atoms with E-state index in [4.69, 9.17) is 23.7 Å². The van der Waals surface area contributed by atoms with Crippen molar-refractivity contribution < 1.29 is 33.3 Å². The van der Waals surface area contributed by atoms with E-state index in [1.807, 2.05) is 83.1 Å². The molecule has 0 saturated carbocycles.